The topological polar surface area (TPSA) is 12.0 Å². The van der Waals surface area contributed by atoms with Gasteiger partial charge in [-0.2, -0.15) is 0 Å². The summed E-state index contributed by atoms with van der Waals surface area (Å²) in [6.07, 6.45) is 0.411. The molecule has 0 aromatic heterocycles. The Morgan fingerprint density at radius 2 is 1.85 bits per heavy atom. The second-order valence-corrected chi connectivity index (χ2v) is 5.40. The summed E-state index contributed by atoms with van der Waals surface area (Å²) in [5, 5.41) is 3.22. The van der Waals surface area contributed by atoms with E-state index < -0.39 is 0 Å². The number of rotatable bonds is 5. The second kappa shape index (κ2) is 6.95. The third-order valence-corrected chi connectivity index (χ3v) is 3.80. The van der Waals surface area contributed by atoms with E-state index in [1.807, 2.05) is 6.92 Å². The molecule has 0 aliphatic carbocycles. The lowest BCUT2D eigenvalue weighted by molar-refractivity contribution is 0.496. The van der Waals surface area contributed by atoms with Crippen molar-refractivity contribution in [1.29, 1.82) is 0 Å². The fourth-order valence-electron chi connectivity index (χ4n) is 2.21. The van der Waals surface area contributed by atoms with Gasteiger partial charge in [-0.3, -0.25) is 0 Å². The first-order chi connectivity index (χ1) is 9.63. The number of likely N-dealkylation sites (N-methyl/N-ethyl adjacent to an activating group) is 1. The van der Waals surface area contributed by atoms with Gasteiger partial charge in [0.05, 0.1) is 4.47 Å². The fourth-order valence-corrected chi connectivity index (χ4v) is 2.59. The molecule has 0 saturated heterocycles. The van der Waals surface area contributed by atoms with E-state index in [2.05, 4.69) is 21.2 Å². The Morgan fingerprint density at radius 1 is 1.10 bits per heavy atom. The molecule has 2 aromatic rings. The summed E-state index contributed by atoms with van der Waals surface area (Å²) in [4.78, 5) is 0. The summed E-state index contributed by atoms with van der Waals surface area (Å²) in [6.45, 7) is 2.63. The van der Waals surface area contributed by atoms with Gasteiger partial charge in [-0.05, 0) is 46.6 Å². The van der Waals surface area contributed by atoms with Crippen molar-refractivity contribution >= 4 is 15.9 Å². The molecule has 1 atom stereocenters. The SMILES string of the molecule is CCNC(Cc1ccccc1F)c1cccc(Br)c1F. The van der Waals surface area contributed by atoms with E-state index >= 15 is 0 Å². The average Bonchev–Trinajstić information content (AvgIpc) is 2.44. The van der Waals surface area contributed by atoms with Crippen LogP contribution in [0.4, 0.5) is 8.78 Å². The molecule has 0 aliphatic rings. The monoisotopic (exact) mass is 339 g/mol. The molecule has 0 bridgehead atoms. The van der Waals surface area contributed by atoms with E-state index in [-0.39, 0.29) is 17.7 Å². The van der Waals surface area contributed by atoms with Gasteiger partial charge in [0.2, 0.25) is 0 Å². The van der Waals surface area contributed by atoms with Crippen molar-refractivity contribution in [2.75, 3.05) is 6.54 Å². The van der Waals surface area contributed by atoms with Gasteiger partial charge in [-0.15, -0.1) is 0 Å². The second-order valence-electron chi connectivity index (χ2n) is 4.55. The minimum absolute atomic E-state index is 0.255. The van der Waals surface area contributed by atoms with Crippen LogP contribution in [0.15, 0.2) is 46.9 Å². The van der Waals surface area contributed by atoms with Crippen LogP contribution in [-0.2, 0) is 6.42 Å². The van der Waals surface area contributed by atoms with Gasteiger partial charge >= 0.3 is 0 Å². The van der Waals surface area contributed by atoms with Crippen LogP contribution >= 0.6 is 15.9 Å². The molecule has 0 heterocycles. The maximum absolute atomic E-state index is 14.2. The number of nitrogens with one attached hydrogen (secondary N) is 1. The summed E-state index contributed by atoms with van der Waals surface area (Å²) < 4.78 is 28.4. The highest BCUT2D eigenvalue weighted by molar-refractivity contribution is 9.10. The quantitative estimate of drug-likeness (QED) is 0.837. The maximum Gasteiger partial charge on any atom is 0.142 e. The van der Waals surface area contributed by atoms with Crippen LogP contribution < -0.4 is 5.32 Å². The largest absolute Gasteiger partial charge is 0.310 e. The molecule has 0 amide bonds. The summed E-state index contributed by atoms with van der Waals surface area (Å²) in [6, 6.07) is 11.5. The van der Waals surface area contributed by atoms with Gasteiger partial charge in [0.1, 0.15) is 11.6 Å². The molecule has 0 saturated carbocycles. The summed E-state index contributed by atoms with van der Waals surface area (Å²) in [5.74, 6) is -0.555. The minimum atomic E-state index is -0.296. The number of benzene rings is 2. The Morgan fingerprint density at radius 3 is 2.55 bits per heavy atom. The highest BCUT2D eigenvalue weighted by Gasteiger charge is 2.18. The van der Waals surface area contributed by atoms with Gasteiger partial charge in [0, 0.05) is 11.6 Å². The third-order valence-electron chi connectivity index (χ3n) is 3.19. The van der Waals surface area contributed by atoms with Crippen LogP contribution in [0, 0.1) is 11.6 Å². The van der Waals surface area contributed by atoms with E-state index in [1.165, 1.54) is 6.07 Å². The smallest absolute Gasteiger partial charge is 0.142 e. The molecule has 2 rings (SSSR count). The van der Waals surface area contributed by atoms with Crippen molar-refractivity contribution < 1.29 is 8.78 Å². The zero-order valence-corrected chi connectivity index (χ0v) is 12.8. The molecule has 2 aromatic carbocycles. The molecule has 1 N–H and O–H groups in total. The first-order valence-electron chi connectivity index (χ1n) is 6.54. The zero-order chi connectivity index (χ0) is 14.5. The van der Waals surface area contributed by atoms with E-state index in [0.717, 1.165) is 0 Å². The van der Waals surface area contributed by atoms with Crippen LogP contribution in [0.1, 0.15) is 24.1 Å². The van der Waals surface area contributed by atoms with E-state index in [9.17, 15) is 8.78 Å². The van der Waals surface area contributed by atoms with Crippen molar-refractivity contribution in [3.63, 3.8) is 0 Å². The Hall–Kier alpha value is -1.26. The molecule has 0 aliphatic heterocycles. The summed E-state index contributed by atoms with van der Waals surface area (Å²) in [5.41, 5.74) is 1.13. The molecule has 0 fully saturated rings. The average molecular weight is 340 g/mol. The third kappa shape index (κ3) is 3.44. The lowest BCUT2D eigenvalue weighted by Gasteiger charge is -2.20. The van der Waals surface area contributed by atoms with Crippen LogP contribution in [-0.4, -0.2) is 6.54 Å². The highest BCUT2D eigenvalue weighted by Crippen LogP contribution is 2.26. The summed E-state index contributed by atoms with van der Waals surface area (Å²) in [7, 11) is 0. The van der Waals surface area contributed by atoms with Crippen LogP contribution in [0.5, 0.6) is 0 Å². The lowest BCUT2D eigenvalue weighted by atomic mass is 9.98. The minimum Gasteiger partial charge on any atom is -0.310 e. The van der Waals surface area contributed by atoms with Gasteiger partial charge in [-0.25, -0.2) is 8.78 Å². The van der Waals surface area contributed by atoms with Crippen LogP contribution in [0.3, 0.4) is 0 Å². The lowest BCUT2D eigenvalue weighted by Crippen LogP contribution is -2.24. The predicted molar refractivity (Wildman–Crippen MR) is 80.6 cm³/mol. The predicted octanol–water partition coefficient (Wildman–Crippen LogP) is 4.62. The maximum atomic E-state index is 14.2. The van der Waals surface area contributed by atoms with Gasteiger partial charge in [-0.1, -0.05) is 37.3 Å². The van der Waals surface area contributed by atoms with E-state index in [0.29, 0.717) is 28.6 Å². The van der Waals surface area contributed by atoms with Crippen molar-refractivity contribution in [3.8, 4) is 0 Å². The molecule has 0 radical (unpaired) electrons. The Kier molecular flexibility index (Phi) is 5.26. The molecule has 20 heavy (non-hydrogen) atoms. The molecule has 106 valence electrons. The highest BCUT2D eigenvalue weighted by atomic mass is 79.9. The van der Waals surface area contributed by atoms with E-state index in [4.69, 9.17) is 0 Å². The molecular weight excluding hydrogens is 324 g/mol. The van der Waals surface area contributed by atoms with Crippen molar-refractivity contribution in [2.45, 2.75) is 19.4 Å². The fraction of sp³-hybridized carbons (Fsp3) is 0.250. The zero-order valence-electron chi connectivity index (χ0n) is 11.2. The van der Waals surface area contributed by atoms with Crippen molar-refractivity contribution in [2.24, 2.45) is 0 Å². The standard InChI is InChI=1S/C16H16BrF2N/c1-2-20-15(10-11-6-3-4-9-14(11)18)12-7-5-8-13(17)16(12)19/h3-9,15,20H,2,10H2,1H3. The normalized spacial score (nSPS) is 12.4. The van der Waals surface area contributed by atoms with Crippen LogP contribution in [0.25, 0.3) is 0 Å². The number of hydrogen-bond donors (Lipinski definition) is 1. The van der Waals surface area contributed by atoms with Crippen LogP contribution in [0.2, 0.25) is 0 Å². The van der Waals surface area contributed by atoms with Gasteiger partial charge in [0.25, 0.3) is 0 Å². The Balaban J connectivity index is 2.32. The Bertz CT molecular complexity index is 586. The Labute approximate surface area is 126 Å². The molecule has 1 unspecified atom stereocenters. The molecule has 4 heteroatoms. The molecule has 0 spiro atoms. The number of halogens is 3. The van der Waals surface area contributed by atoms with Gasteiger partial charge in [0.15, 0.2) is 0 Å². The summed E-state index contributed by atoms with van der Waals surface area (Å²) >= 11 is 3.19. The van der Waals surface area contributed by atoms with E-state index in [1.54, 1.807) is 36.4 Å². The first kappa shape index (κ1) is 15.1. The van der Waals surface area contributed by atoms with Crippen molar-refractivity contribution in [3.05, 3.63) is 69.7 Å². The first-order valence-corrected chi connectivity index (χ1v) is 7.33. The number of hydrogen-bond acceptors (Lipinski definition) is 1. The van der Waals surface area contributed by atoms with Crippen molar-refractivity contribution in [1.82, 2.24) is 5.32 Å². The molecule has 1 nitrogen and oxygen atoms in total. The molecular formula is C16H16BrF2N. The van der Waals surface area contributed by atoms with Gasteiger partial charge < -0.3 is 5.32 Å².